The molecule has 0 spiro atoms. The van der Waals surface area contributed by atoms with Crippen LogP contribution < -0.4 is 10.1 Å². The molecule has 0 saturated heterocycles. The van der Waals surface area contributed by atoms with Gasteiger partial charge in [-0.3, -0.25) is 9.59 Å². The highest BCUT2D eigenvalue weighted by Crippen LogP contribution is 2.29. The maximum Gasteiger partial charge on any atom is 0.221 e. The molecule has 1 N–H and O–H groups in total. The number of halogens is 1. The molecule has 0 fully saturated rings. The predicted molar refractivity (Wildman–Crippen MR) is 83.3 cm³/mol. The van der Waals surface area contributed by atoms with Crippen molar-refractivity contribution in [3.63, 3.8) is 0 Å². The van der Waals surface area contributed by atoms with Crippen molar-refractivity contribution in [2.75, 3.05) is 12.4 Å². The van der Waals surface area contributed by atoms with Gasteiger partial charge in [-0.2, -0.15) is 0 Å². The Morgan fingerprint density at radius 3 is 2.55 bits per heavy atom. The summed E-state index contributed by atoms with van der Waals surface area (Å²) in [5.74, 6) is 0.00860. The molecule has 0 aliphatic heterocycles. The van der Waals surface area contributed by atoms with E-state index in [9.17, 15) is 9.59 Å². The minimum absolute atomic E-state index is 0.104. The number of ether oxygens (including phenoxy) is 1. The quantitative estimate of drug-likeness (QED) is 0.906. The van der Waals surface area contributed by atoms with E-state index in [0.29, 0.717) is 11.4 Å². The van der Waals surface area contributed by atoms with E-state index >= 15 is 0 Å². The lowest BCUT2D eigenvalue weighted by atomic mass is 9.98. The van der Waals surface area contributed by atoms with Gasteiger partial charge in [0.2, 0.25) is 11.6 Å². The largest absolute Gasteiger partial charge is 0.497 e. The van der Waals surface area contributed by atoms with Gasteiger partial charge in [0.05, 0.1) is 17.2 Å². The van der Waals surface area contributed by atoms with Gasteiger partial charge in [-0.15, -0.1) is 0 Å². The fourth-order valence-electron chi connectivity index (χ4n) is 2.06. The first-order valence-electron chi connectivity index (χ1n) is 6.32. The number of carbonyl (C=O) groups is 2. The summed E-state index contributed by atoms with van der Waals surface area (Å²) in [6, 6.07) is 7.01. The van der Waals surface area contributed by atoms with Crippen molar-refractivity contribution in [2.45, 2.75) is 0 Å². The van der Waals surface area contributed by atoms with Gasteiger partial charge >= 0.3 is 0 Å². The molecular weight excluding hydrogens is 350 g/mol. The highest BCUT2D eigenvalue weighted by molar-refractivity contribution is 9.12. The predicted octanol–water partition coefficient (Wildman–Crippen LogP) is 2.58. The molecule has 22 heavy (non-hydrogen) atoms. The summed E-state index contributed by atoms with van der Waals surface area (Å²) in [7, 11) is 1.57. The normalized spacial score (nSPS) is 13.9. The Bertz CT molecular complexity index is 800. The molecule has 0 radical (unpaired) electrons. The van der Waals surface area contributed by atoms with Crippen LogP contribution in [0.15, 0.2) is 47.0 Å². The van der Waals surface area contributed by atoms with E-state index in [1.165, 1.54) is 12.5 Å². The Morgan fingerprint density at radius 1 is 1.14 bits per heavy atom. The number of methoxy groups -OCH3 is 1. The van der Waals surface area contributed by atoms with Gasteiger partial charge in [0.15, 0.2) is 0 Å². The van der Waals surface area contributed by atoms with Gasteiger partial charge < -0.3 is 10.1 Å². The molecule has 3 rings (SSSR count). The van der Waals surface area contributed by atoms with Crippen molar-refractivity contribution < 1.29 is 14.3 Å². The van der Waals surface area contributed by atoms with Crippen LogP contribution in [-0.4, -0.2) is 28.6 Å². The summed E-state index contributed by atoms with van der Waals surface area (Å²) >= 11 is 3.18. The number of nitrogens with one attached hydrogen (secondary N) is 1. The summed E-state index contributed by atoms with van der Waals surface area (Å²) in [4.78, 5) is 32.4. The first kappa shape index (κ1) is 14.4. The Labute approximate surface area is 134 Å². The number of fused-ring (bicyclic) bond motifs is 1. The second-order valence-electron chi connectivity index (χ2n) is 4.49. The average molecular weight is 360 g/mol. The van der Waals surface area contributed by atoms with Crippen LogP contribution in [0.5, 0.6) is 5.75 Å². The monoisotopic (exact) mass is 359 g/mol. The topological polar surface area (TPSA) is 81.2 Å². The van der Waals surface area contributed by atoms with E-state index in [0.717, 1.165) is 0 Å². The molecule has 110 valence electrons. The van der Waals surface area contributed by atoms with E-state index in [-0.39, 0.29) is 33.0 Å². The van der Waals surface area contributed by atoms with E-state index in [1.54, 1.807) is 31.4 Å². The highest BCUT2D eigenvalue weighted by atomic mass is 79.9. The van der Waals surface area contributed by atoms with Gasteiger partial charge in [0.1, 0.15) is 23.5 Å². The number of allylic oxidation sites excluding steroid dienone is 2. The van der Waals surface area contributed by atoms with Crippen LogP contribution in [0.25, 0.3) is 0 Å². The number of hydrogen-bond acceptors (Lipinski definition) is 6. The molecular formula is C15H10BrN3O3. The first-order valence-corrected chi connectivity index (χ1v) is 7.11. The average Bonchev–Trinajstić information content (AvgIpc) is 2.57. The van der Waals surface area contributed by atoms with Crippen LogP contribution in [-0.2, 0) is 0 Å². The Balaban J connectivity index is 1.97. The molecule has 0 saturated carbocycles. The SMILES string of the molecule is COc1ccc(NC2=C(Br)C(=O)c3ncncc3C2=O)cc1. The van der Waals surface area contributed by atoms with Crippen LogP contribution in [0.3, 0.4) is 0 Å². The van der Waals surface area contributed by atoms with Crippen molar-refractivity contribution in [2.24, 2.45) is 0 Å². The standard InChI is InChI=1S/C15H10BrN3O3/c1-22-9-4-2-8(3-5-9)19-13-11(16)15(21)12-10(14(13)20)6-17-7-18-12/h2-7,19H,1H3. The lowest BCUT2D eigenvalue weighted by Crippen LogP contribution is -2.25. The van der Waals surface area contributed by atoms with Crippen molar-refractivity contribution in [3.8, 4) is 5.75 Å². The molecule has 7 heteroatoms. The zero-order valence-electron chi connectivity index (χ0n) is 11.5. The van der Waals surface area contributed by atoms with Gasteiger partial charge in [-0.1, -0.05) is 0 Å². The minimum atomic E-state index is -0.354. The molecule has 1 heterocycles. The summed E-state index contributed by atoms with van der Waals surface area (Å²) in [6.07, 6.45) is 2.59. The molecule has 0 unspecified atom stereocenters. The van der Waals surface area contributed by atoms with Crippen molar-refractivity contribution >= 4 is 33.2 Å². The van der Waals surface area contributed by atoms with Gasteiger partial charge in [0.25, 0.3) is 0 Å². The van der Waals surface area contributed by atoms with E-state index in [1.807, 2.05) is 0 Å². The number of rotatable bonds is 3. The molecule has 1 aliphatic carbocycles. The number of hydrogen-bond donors (Lipinski definition) is 1. The molecule has 0 bridgehead atoms. The Hall–Kier alpha value is -2.54. The Morgan fingerprint density at radius 2 is 1.86 bits per heavy atom. The highest BCUT2D eigenvalue weighted by Gasteiger charge is 2.32. The number of ketones is 2. The van der Waals surface area contributed by atoms with Crippen LogP contribution in [0.2, 0.25) is 0 Å². The molecule has 1 aromatic heterocycles. The van der Waals surface area contributed by atoms with Crippen molar-refractivity contribution in [1.82, 2.24) is 9.97 Å². The van der Waals surface area contributed by atoms with Gasteiger partial charge in [0, 0.05) is 11.9 Å². The summed E-state index contributed by atoms with van der Waals surface area (Å²) < 4.78 is 5.23. The molecule has 2 aromatic rings. The zero-order chi connectivity index (χ0) is 15.7. The molecule has 6 nitrogen and oxygen atoms in total. The third-order valence-electron chi connectivity index (χ3n) is 3.18. The molecule has 0 amide bonds. The number of Topliss-reactive ketones (excluding diaryl/α,β-unsaturated/α-hetero) is 2. The third kappa shape index (κ3) is 2.39. The number of aromatic nitrogens is 2. The maximum atomic E-state index is 12.5. The van der Waals surface area contributed by atoms with E-state index in [4.69, 9.17) is 4.74 Å². The van der Waals surface area contributed by atoms with Crippen LogP contribution >= 0.6 is 15.9 Å². The van der Waals surface area contributed by atoms with E-state index in [2.05, 4.69) is 31.2 Å². The zero-order valence-corrected chi connectivity index (χ0v) is 13.0. The number of anilines is 1. The fourth-order valence-corrected chi connectivity index (χ4v) is 2.53. The van der Waals surface area contributed by atoms with Crippen molar-refractivity contribution in [3.05, 3.63) is 58.2 Å². The van der Waals surface area contributed by atoms with Crippen LogP contribution in [0.4, 0.5) is 5.69 Å². The number of nitrogens with zero attached hydrogens (tertiary/aromatic N) is 2. The van der Waals surface area contributed by atoms with Crippen LogP contribution in [0, 0.1) is 0 Å². The fraction of sp³-hybridized carbons (Fsp3) is 0.0667. The van der Waals surface area contributed by atoms with Crippen molar-refractivity contribution in [1.29, 1.82) is 0 Å². The Kier molecular flexibility index (Phi) is 3.72. The number of benzene rings is 1. The lowest BCUT2D eigenvalue weighted by molar-refractivity contribution is 0.0979. The summed E-state index contributed by atoms with van der Waals surface area (Å²) in [5, 5.41) is 2.95. The third-order valence-corrected chi connectivity index (χ3v) is 3.93. The summed E-state index contributed by atoms with van der Waals surface area (Å²) in [5.41, 5.74) is 1.12. The molecule has 0 atom stereocenters. The van der Waals surface area contributed by atoms with Crippen LogP contribution in [0.1, 0.15) is 20.8 Å². The maximum absolute atomic E-state index is 12.5. The van der Waals surface area contributed by atoms with Gasteiger partial charge in [-0.05, 0) is 40.2 Å². The first-order chi connectivity index (χ1) is 10.6. The second kappa shape index (κ2) is 5.69. The smallest absolute Gasteiger partial charge is 0.221 e. The van der Waals surface area contributed by atoms with E-state index < -0.39 is 0 Å². The minimum Gasteiger partial charge on any atom is -0.497 e. The lowest BCUT2D eigenvalue weighted by Gasteiger charge is -2.18. The second-order valence-corrected chi connectivity index (χ2v) is 5.28. The summed E-state index contributed by atoms with van der Waals surface area (Å²) in [6.45, 7) is 0. The number of carbonyl (C=O) groups excluding carboxylic acids is 2. The molecule has 1 aliphatic rings. The molecule has 1 aromatic carbocycles. The van der Waals surface area contributed by atoms with Gasteiger partial charge in [-0.25, -0.2) is 9.97 Å².